The second kappa shape index (κ2) is 9.52. The molecule has 0 saturated heterocycles. The number of carbonyl (C=O) groups is 1. The molecule has 0 N–H and O–H groups in total. The van der Waals surface area contributed by atoms with E-state index in [9.17, 15) is 4.79 Å². The van der Waals surface area contributed by atoms with Gasteiger partial charge >= 0.3 is 0 Å². The maximum Gasteiger partial charge on any atom is 0.195 e. The first-order valence-corrected chi connectivity index (χ1v) is 9.90. The molecule has 1 aromatic heterocycles. The van der Waals surface area contributed by atoms with Crippen LogP contribution in [0.25, 0.3) is 10.9 Å². The predicted molar refractivity (Wildman–Crippen MR) is 112 cm³/mol. The van der Waals surface area contributed by atoms with Crippen molar-refractivity contribution in [2.75, 3.05) is 13.7 Å². The van der Waals surface area contributed by atoms with E-state index in [2.05, 4.69) is 29.7 Å². The van der Waals surface area contributed by atoms with Gasteiger partial charge in [-0.15, -0.1) is 0 Å². The minimum absolute atomic E-state index is 0.114. The van der Waals surface area contributed by atoms with E-state index < -0.39 is 0 Å². The van der Waals surface area contributed by atoms with E-state index in [1.165, 1.54) is 19.3 Å². The molecule has 3 heteroatoms. The summed E-state index contributed by atoms with van der Waals surface area (Å²) in [4.78, 5) is 13.1. The van der Waals surface area contributed by atoms with Crippen molar-refractivity contribution in [2.45, 2.75) is 45.6 Å². The molecule has 3 nitrogen and oxygen atoms in total. The molecular weight excluding hydrogens is 334 g/mol. The summed E-state index contributed by atoms with van der Waals surface area (Å²) in [5, 5.41) is 1.06. The summed E-state index contributed by atoms with van der Waals surface area (Å²) in [5.74, 6) is 0.114. The first-order valence-electron chi connectivity index (χ1n) is 9.90. The Labute approximate surface area is 162 Å². The third-order valence-corrected chi connectivity index (χ3v) is 5.22. The van der Waals surface area contributed by atoms with Gasteiger partial charge in [-0.05, 0) is 25.8 Å². The maximum absolute atomic E-state index is 13.1. The number of aromatic nitrogens is 1. The first kappa shape index (κ1) is 19.4. The zero-order chi connectivity index (χ0) is 19.1. The lowest BCUT2D eigenvalue weighted by Gasteiger charge is -2.09. The molecule has 0 bridgehead atoms. The van der Waals surface area contributed by atoms with Crippen LogP contribution in [0.1, 0.15) is 53.7 Å². The summed E-state index contributed by atoms with van der Waals surface area (Å²) >= 11 is 0. The van der Waals surface area contributed by atoms with Gasteiger partial charge in [0.2, 0.25) is 0 Å². The number of hydrogen-bond acceptors (Lipinski definition) is 2. The molecule has 2 aromatic carbocycles. The Morgan fingerprint density at radius 3 is 2.33 bits per heavy atom. The number of para-hydroxylation sites is 1. The van der Waals surface area contributed by atoms with Crippen LogP contribution in [0.4, 0.5) is 0 Å². The van der Waals surface area contributed by atoms with Gasteiger partial charge in [-0.1, -0.05) is 67.8 Å². The summed E-state index contributed by atoms with van der Waals surface area (Å²) in [5.41, 5.74) is 3.83. The van der Waals surface area contributed by atoms with Crippen LogP contribution < -0.4 is 0 Å². The van der Waals surface area contributed by atoms with Gasteiger partial charge in [0, 0.05) is 42.4 Å². The lowest BCUT2D eigenvalue weighted by atomic mass is 10.0. The Balaban J connectivity index is 1.78. The number of ketones is 1. The summed E-state index contributed by atoms with van der Waals surface area (Å²) in [7, 11) is 1.76. The Kier molecular flexibility index (Phi) is 6.83. The average molecular weight is 364 g/mol. The number of nitrogens with zero attached hydrogens (tertiary/aromatic N) is 1. The summed E-state index contributed by atoms with van der Waals surface area (Å²) in [6, 6.07) is 17.9. The quantitative estimate of drug-likeness (QED) is 0.338. The molecule has 0 aliphatic heterocycles. The number of unbranched alkanes of at least 4 members (excludes halogenated alkanes) is 4. The van der Waals surface area contributed by atoms with Crippen molar-refractivity contribution < 1.29 is 9.53 Å². The van der Waals surface area contributed by atoms with Gasteiger partial charge in [-0.2, -0.15) is 0 Å². The average Bonchev–Trinajstić information content (AvgIpc) is 2.99. The van der Waals surface area contributed by atoms with Crippen LogP contribution in [0.2, 0.25) is 0 Å². The predicted octanol–water partition coefficient (Wildman–Crippen LogP) is 5.78. The molecule has 3 aromatic rings. The van der Waals surface area contributed by atoms with Crippen molar-refractivity contribution in [2.24, 2.45) is 0 Å². The van der Waals surface area contributed by atoms with E-state index in [-0.39, 0.29) is 5.78 Å². The van der Waals surface area contributed by atoms with E-state index in [0.717, 1.165) is 53.7 Å². The third-order valence-electron chi connectivity index (χ3n) is 5.22. The standard InChI is InChI=1S/C24H29NO2/c1-19-23(24(26)20-13-7-6-8-14-20)21-15-9-10-16-22(21)25(19)17-11-4-3-5-12-18-27-2/h6-10,13-16H,3-5,11-12,17-18H2,1-2H3. The summed E-state index contributed by atoms with van der Waals surface area (Å²) < 4.78 is 7.43. The molecule has 1 heterocycles. The fourth-order valence-electron chi connectivity index (χ4n) is 3.79. The molecule has 0 aliphatic rings. The molecule has 0 aliphatic carbocycles. The van der Waals surface area contributed by atoms with Crippen LogP contribution in [0, 0.1) is 6.92 Å². The maximum atomic E-state index is 13.1. The van der Waals surface area contributed by atoms with Crippen molar-refractivity contribution in [3.8, 4) is 0 Å². The molecule has 0 radical (unpaired) electrons. The van der Waals surface area contributed by atoms with Crippen LogP contribution in [0.3, 0.4) is 0 Å². The second-order valence-corrected chi connectivity index (χ2v) is 7.08. The SMILES string of the molecule is COCCCCCCCn1c(C)c(C(=O)c2ccccc2)c2ccccc21. The number of benzene rings is 2. The van der Waals surface area contributed by atoms with Gasteiger partial charge in [0.1, 0.15) is 0 Å². The molecule has 0 saturated carbocycles. The van der Waals surface area contributed by atoms with Gasteiger partial charge in [-0.3, -0.25) is 4.79 Å². The number of ether oxygens (including phenoxy) is 1. The Bertz CT molecular complexity index is 880. The Morgan fingerprint density at radius 1 is 0.889 bits per heavy atom. The minimum atomic E-state index is 0.114. The Hall–Kier alpha value is -2.39. The number of fused-ring (bicyclic) bond motifs is 1. The van der Waals surface area contributed by atoms with Crippen LogP contribution in [0.15, 0.2) is 54.6 Å². The molecule has 3 rings (SSSR count). The zero-order valence-electron chi connectivity index (χ0n) is 16.4. The third kappa shape index (κ3) is 4.48. The van der Waals surface area contributed by atoms with Crippen molar-refractivity contribution in [3.05, 3.63) is 71.4 Å². The number of hydrogen-bond donors (Lipinski definition) is 0. The fraction of sp³-hybridized carbons (Fsp3) is 0.375. The molecule has 0 spiro atoms. The van der Waals surface area contributed by atoms with Gasteiger partial charge < -0.3 is 9.30 Å². The largest absolute Gasteiger partial charge is 0.385 e. The lowest BCUT2D eigenvalue weighted by Crippen LogP contribution is -2.05. The van der Waals surface area contributed by atoms with E-state index in [1.807, 2.05) is 36.4 Å². The van der Waals surface area contributed by atoms with Gasteiger partial charge in [0.25, 0.3) is 0 Å². The van der Waals surface area contributed by atoms with Crippen molar-refractivity contribution >= 4 is 16.7 Å². The van der Waals surface area contributed by atoms with Gasteiger partial charge in [0.05, 0.1) is 5.56 Å². The smallest absolute Gasteiger partial charge is 0.195 e. The van der Waals surface area contributed by atoms with E-state index in [0.29, 0.717) is 0 Å². The molecule has 0 fully saturated rings. The van der Waals surface area contributed by atoms with E-state index in [1.54, 1.807) is 7.11 Å². The van der Waals surface area contributed by atoms with Crippen molar-refractivity contribution in [1.29, 1.82) is 0 Å². The highest BCUT2D eigenvalue weighted by Gasteiger charge is 2.20. The second-order valence-electron chi connectivity index (χ2n) is 7.08. The van der Waals surface area contributed by atoms with Crippen molar-refractivity contribution in [1.82, 2.24) is 4.57 Å². The molecular formula is C24H29NO2. The number of rotatable bonds is 10. The molecule has 27 heavy (non-hydrogen) atoms. The normalized spacial score (nSPS) is 11.2. The fourth-order valence-corrected chi connectivity index (χ4v) is 3.79. The molecule has 0 atom stereocenters. The highest BCUT2D eigenvalue weighted by molar-refractivity contribution is 6.17. The van der Waals surface area contributed by atoms with E-state index in [4.69, 9.17) is 4.74 Å². The summed E-state index contributed by atoms with van der Waals surface area (Å²) in [6.45, 7) is 3.89. The molecule has 0 amide bonds. The summed E-state index contributed by atoms with van der Waals surface area (Å²) in [6.07, 6.45) is 5.93. The highest BCUT2D eigenvalue weighted by atomic mass is 16.5. The van der Waals surface area contributed by atoms with E-state index >= 15 is 0 Å². The zero-order valence-corrected chi connectivity index (χ0v) is 16.4. The molecule has 0 unspecified atom stereocenters. The topological polar surface area (TPSA) is 31.2 Å². The first-order chi connectivity index (χ1) is 13.2. The van der Waals surface area contributed by atoms with Crippen LogP contribution >= 0.6 is 0 Å². The monoisotopic (exact) mass is 363 g/mol. The van der Waals surface area contributed by atoms with Crippen LogP contribution in [-0.4, -0.2) is 24.1 Å². The van der Waals surface area contributed by atoms with Crippen molar-refractivity contribution in [3.63, 3.8) is 0 Å². The molecule has 142 valence electrons. The minimum Gasteiger partial charge on any atom is -0.385 e. The lowest BCUT2D eigenvalue weighted by molar-refractivity contribution is 0.103. The highest BCUT2D eigenvalue weighted by Crippen LogP contribution is 2.28. The number of aryl methyl sites for hydroxylation is 1. The Morgan fingerprint density at radius 2 is 1.56 bits per heavy atom. The number of methoxy groups -OCH3 is 1. The van der Waals surface area contributed by atoms with Gasteiger partial charge in [-0.25, -0.2) is 0 Å². The van der Waals surface area contributed by atoms with Crippen LogP contribution in [-0.2, 0) is 11.3 Å². The van der Waals surface area contributed by atoms with Crippen LogP contribution in [0.5, 0.6) is 0 Å². The number of carbonyl (C=O) groups excluding carboxylic acids is 1. The van der Waals surface area contributed by atoms with Gasteiger partial charge in [0.15, 0.2) is 5.78 Å².